The number of amides is 1. The van der Waals surface area contributed by atoms with E-state index in [-0.39, 0.29) is 18.6 Å². The number of benzene rings is 1. The molecule has 0 aromatic heterocycles. The van der Waals surface area contributed by atoms with Crippen molar-refractivity contribution in [1.82, 2.24) is 10.6 Å². The second kappa shape index (κ2) is 6.57. The summed E-state index contributed by atoms with van der Waals surface area (Å²) in [6, 6.07) is 8.26. The minimum Gasteiger partial charge on any atom is -0.484 e. The molecule has 0 bridgehead atoms. The Hall–Kier alpha value is -1.55. The van der Waals surface area contributed by atoms with Crippen LogP contribution < -0.4 is 15.4 Å². The van der Waals surface area contributed by atoms with E-state index < -0.39 is 0 Å². The molecule has 1 amide bonds. The van der Waals surface area contributed by atoms with E-state index in [9.17, 15) is 4.79 Å². The van der Waals surface area contributed by atoms with Crippen LogP contribution in [0.2, 0.25) is 0 Å². The summed E-state index contributed by atoms with van der Waals surface area (Å²) in [4.78, 5) is 11.9. The normalized spacial score (nSPS) is 22.8. The Morgan fingerprint density at radius 3 is 3.11 bits per heavy atom. The summed E-state index contributed by atoms with van der Waals surface area (Å²) in [5, 5.41) is 6.39. The standard InChI is InChI=1S/C15H22N2O2/c1-11-5-3-6-13(9-11)19-10-15(18)17-14-7-4-8-16-12(14)2/h3,5-6,9,12,14,16H,4,7-8,10H2,1-2H3,(H,17,18). The molecular weight excluding hydrogens is 240 g/mol. The van der Waals surface area contributed by atoms with E-state index in [0.29, 0.717) is 6.04 Å². The number of carbonyl (C=O) groups excluding carboxylic acids is 1. The van der Waals surface area contributed by atoms with Gasteiger partial charge in [0.05, 0.1) is 0 Å². The van der Waals surface area contributed by atoms with E-state index in [1.165, 1.54) is 0 Å². The summed E-state index contributed by atoms with van der Waals surface area (Å²) >= 11 is 0. The van der Waals surface area contributed by atoms with Gasteiger partial charge in [-0.2, -0.15) is 0 Å². The van der Waals surface area contributed by atoms with Gasteiger partial charge in [-0.3, -0.25) is 4.79 Å². The zero-order valence-electron chi connectivity index (χ0n) is 11.6. The van der Waals surface area contributed by atoms with E-state index in [1.54, 1.807) is 0 Å². The average molecular weight is 262 g/mol. The Morgan fingerprint density at radius 2 is 2.37 bits per heavy atom. The van der Waals surface area contributed by atoms with E-state index in [4.69, 9.17) is 4.74 Å². The molecule has 0 aliphatic carbocycles. The van der Waals surface area contributed by atoms with Gasteiger partial charge in [0.1, 0.15) is 5.75 Å². The highest BCUT2D eigenvalue weighted by Gasteiger charge is 2.22. The fraction of sp³-hybridized carbons (Fsp3) is 0.533. The monoisotopic (exact) mass is 262 g/mol. The highest BCUT2D eigenvalue weighted by molar-refractivity contribution is 5.77. The molecule has 1 saturated heterocycles. The lowest BCUT2D eigenvalue weighted by Crippen LogP contribution is -2.52. The maximum Gasteiger partial charge on any atom is 0.258 e. The zero-order valence-corrected chi connectivity index (χ0v) is 11.6. The topological polar surface area (TPSA) is 50.4 Å². The zero-order chi connectivity index (χ0) is 13.7. The van der Waals surface area contributed by atoms with Crippen LogP contribution in [0.1, 0.15) is 25.3 Å². The van der Waals surface area contributed by atoms with Crippen LogP contribution in [0.15, 0.2) is 24.3 Å². The van der Waals surface area contributed by atoms with Crippen molar-refractivity contribution >= 4 is 5.91 Å². The third kappa shape index (κ3) is 4.24. The van der Waals surface area contributed by atoms with Gasteiger partial charge in [-0.25, -0.2) is 0 Å². The van der Waals surface area contributed by atoms with Crippen molar-refractivity contribution in [3.05, 3.63) is 29.8 Å². The summed E-state index contributed by atoms with van der Waals surface area (Å²) < 4.78 is 5.49. The SMILES string of the molecule is Cc1cccc(OCC(=O)NC2CCCNC2C)c1. The summed E-state index contributed by atoms with van der Waals surface area (Å²) in [6.07, 6.45) is 2.14. The van der Waals surface area contributed by atoms with E-state index in [0.717, 1.165) is 30.7 Å². The first-order chi connectivity index (χ1) is 9.15. The molecule has 2 N–H and O–H groups in total. The summed E-state index contributed by atoms with van der Waals surface area (Å²) in [6.45, 7) is 5.22. The molecule has 1 aromatic rings. The van der Waals surface area contributed by atoms with Crippen LogP contribution in [-0.4, -0.2) is 31.1 Å². The van der Waals surface area contributed by atoms with Crippen molar-refractivity contribution in [2.45, 2.75) is 38.8 Å². The van der Waals surface area contributed by atoms with Crippen LogP contribution in [-0.2, 0) is 4.79 Å². The maximum absolute atomic E-state index is 11.9. The summed E-state index contributed by atoms with van der Waals surface area (Å²) in [7, 11) is 0. The fourth-order valence-corrected chi connectivity index (χ4v) is 2.34. The fourth-order valence-electron chi connectivity index (χ4n) is 2.34. The average Bonchev–Trinajstić information content (AvgIpc) is 2.39. The minimum atomic E-state index is -0.0537. The highest BCUT2D eigenvalue weighted by Crippen LogP contribution is 2.12. The quantitative estimate of drug-likeness (QED) is 0.867. The van der Waals surface area contributed by atoms with Gasteiger partial charge in [-0.1, -0.05) is 12.1 Å². The molecule has 1 aliphatic heterocycles. The lowest BCUT2D eigenvalue weighted by molar-refractivity contribution is -0.124. The first kappa shape index (κ1) is 13.9. The third-order valence-corrected chi connectivity index (χ3v) is 3.47. The van der Waals surface area contributed by atoms with Gasteiger partial charge >= 0.3 is 0 Å². The number of ether oxygens (including phenoxy) is 1. The van der Waals surface area contributed by atoms with Gasteiger partial charge in [0.15, 0.2) is 6.61 Å². The number of nitrogens with one attached hydrogen (secondary N) is 2. The molecule has 1 aliphatic rings. The first-order valence-electron chi connectivity index (χ1n) is 6.87. The van der Waals surface area contributed by atoms with Crippen LogP contribution in [0.4, 0.5) is 0 Å². The molecule has 0 saturated carbocycles. The highest BCUT2D eigenvalue weighted by atomic mass is 16.5. The summed E-state index contributed by atoms with van der Waals surface area (Å²) in [5.41, 5.74) is 1.13. The van der Waals surface area contributed by atoms with E-state index >= 15 is 0 Å². The van der Waals surface area contributed by atoms with Gasteiger partial charge in [0, 0.05) is 12.1 Å². The van der Waals surface area contributed by atoms with Crippen LogP contribution in [0, 0.1) is 6.92 Å². The molecule has 1 heterocycles. The van der Waals surface area contributed by atoms with Crippen molar-refractivity contribution in [3.63, 3.8) is 0 Å². The molecule has 0 spiro atoms. The number of carbonyl (C=O) groups is 1. The van der Waals surface area contributed by atoms with E-state index in [1.807, 2.05) is 31.2 Å². The van der Waals surface area contributed by atoms with Crippen molar-refractivity contribution < 1.29 is 9.53 Å². The largest absolute Gasteiger partial charge is 0.484 e. The third-order valence-electron chi connectivity index (χ3n) is 3.47. The van der Waals surface area contributed by atoms with Crippen molar-refractivity contribution in [3.8, 4) is 5.75 Å². The molecule has 4 heteroatoms. The molecule has 1 aromatic carbocycles. The second-order valence-corrected chi connectivity index (χ2v) is 5.16. The number of hydrogen-bond donors (Lipinski definition) is 2. The molecule has 2 atom stereocenters. The van der Waals surface area contributed by atoms with Gasteiger partial charge in [-0.15, -0.1) is 0 Å². The molecule has 2 rings (SSSR count). The van der Waals surface area contributed by atoms with Crippen LogP contribution in [0.5, 0.6) is 5.75 Å². The molecule has 4 nitrogen and oxygen atoms in total. The lowest BCUT2D eigenvalue weighted by Gasteiger charge is -2.30. The van der Waals surface area contributed by atoms with Crippen LogP contribution in [0.25, 0.3) is 0 Å². The van der Waals surface area contributed by atoms with Crippen LogP contribution in [0.3, 0.4) is 0 Å². The van der Waals surface area contributed by atoms with Gasteiger partial charge in [0.2, 0.25) is 0 Å². The maximum atomic E-state index is 11.9. The van der Waals surface area contributed by atoms with Crippen molar-refractivity contribution in [2.75, 3.05) is 13.2 Å². The summed E-state index contributed by atoms with van der Waals surface area (Å²) in [5.74, 6) is 0.687. The molecule has 19 heavy (non-hydrogen) atoms. The number of hydrogen-bond acceptors (Lipinski definition) is 3. The molecule has 0 radical (unpaired) electrons. The molecule has 104 valence electrons. The molecule has 2 unspecified atom stereocenters. The van der Waals surface area contributed by atoms with Crippen molar-refractivity contribution in [2.24, 2.45) is 0 Å². The van der Waals surface area contributed by atoms with Crippen LogP contribution >= 0.6 is 0 Å². The predicted octanol–water partition coefficient (Wildman–Crippen LogP) is 1.63. The smallest absolute Gasteiger partial charge is 0.258 e. The number of rotatable bonds is 4. The van der Waals surface area contributed by atoms with E-state index in [2.05, 4.69) is 17.6 Å². The Morgan fingerprint density at radius 1 is 1.53 bits per heavy atom. The van der Waals surface area contributed by atoms with Gasteiger partial charge in [-0.05, 0) is 50.9 Å². The lowest BCUT2D eigenvalue weighted by atomic mass is 10.00. The Balaban J connectivity index is 1.78. The Labute approximate surface area is 114 Å². The van der Waals surface area contributed by atoms with Gasteiger partial charge < -0.3 is 15.4 Å². The second-order valence-electron chi connectivity index (χ2n) is 5.16. The minimum absolute atomic E-state index is 0.0537. The van der Waals surface area contributed by atoms with Crippen molar-refractivity contribution in [1.29, 1.82) is 0 Å². The number of piperidine rings is 1. The van der Waals surface area contributed by atoms with Gasteiger partial charge in [0.25, 0.3) is 5.91 Å². The first-order valence-corrected chi connectivity index (χ1v) is 6.87. The number of aryl methyl sites for hydroxylation is 1. The Bertz CT molecular complexity index is 434. The Kier molecular flexibility index (Phi) is 4.80. The molecular formula is C15H22N2O2. The predicted molar refractivity (Wildman–Crippen MR) is 75.3 cm³/mol. The molecule has 1 fully saturated rings.